The summed E-state index contributed by atoms with van der Waals surface area (Å²) in [5.74, 6) is -1.76. The summed E-state index contributed by atoms with van der Waals surface area (Å²) in [5, 5.41) is 9.22. The number of amides is 1. The Hall–Kier alpha value is -2.49. The second kappa shape index (κ2) is 8.26. The summed E-state index contributed by atoms with van der Waals surface area (Å²) in [5.41, 5.74) is 3.12. The zero-order valence-corrected chi connectivity index (χ0v) is 14.1. The van der Waals surface area contributed by atoms with E-state index < -0.39 is 35.3 Å². The van der Waals surface area contributed by atoms with Gasteiger partial charge in [0, 0.05) is 12.6 Å². The minimum atomic E-state index is -4.91. The third-order valence-electron chi connectivity index (χ3n) is 3.73. The van der Waals surface area contributed by atoms with Crippen molar-refractivity contribution in [1.82, 2.24) is 20.3 Å². The van der Waals surface area contributed by atoms with Crippen molar-refractivity contribution in [1.29, 1.82) is 0 Å². The molecule has 0 aliphatic rings. The summed E-state index contributed by atoms with van der Waals surface area (Å²) in [6, 6.07) is 3.96. The molecule has 2 aromatic rings. The van der Waals surface area contributed by atoms with Crippen molar-refractivity contribution < 1.29 is 22.4 Å². The highest BCUT2D eigenvalue weighted by Gasteiger charge is 2.42. The lowest BCUT2D eigenvalue weighted by molar-refractivity contribution is -0.143. The number of nitrogens with one attached hydrogen (secondary N) is 1. The van der Waals surface area contributed by atoms with Gasteiger partial charge in [-0.1, -0.05) is 31.0 Å². The maximum Gasteiger partial charge on any atom is 0.435 e. The minimum Gasteiger partial charge on any atom is -0.347 e. The number of carbonyl (C=O) groups excluding carboxylic acids is 1. The van der Waals surface area contributed by atoms with Gasteiger partial charge in [-0.15, -0.1) is 5.10 Å². The summed E-state index contributed by atoms with van der Waals surface area (Å²) in [6.45, 7) is 2.03. The molecule has 10 heteroatoms. The molecule has 1 aromatic carbocycles. The number of nitrogens with zero attached hydrogens (tertiary/aromatic N) is 3. The van der Waals surface area contributed by atoms with E-state index in [1.54, 1.807) is 0 Å². The first-order valence-electron chi connectivity index (χ1n) is 8.07. The molecule has 3 N–H and O–H groups in total. The topological polar surface area (TPSA) is 85.8 Å². The predicted molar refractivity (Wildman–Crippen MR) is 86.2 cm³/mol. The molecule has 1 aromatic heterocycles. The van der Waals surface area contributed by atoms with Gasteiger partial charge in [-0.25, -0.2) is 9.07 Å². The Kier molecular flexibility index (Phi) is 6.30. The lowest BCUT2D eigenvalue weighted by atomic mass is 10.1. The highest BCUT2D eigenvalue weighted by atomic mass is 19.4. The van der Waals surface area contributed by atoms with E-state index in [1.807, 2.05) is 6.92 Å². The Morgan fingerprint density at radius 3 is 2.69 bits per heavy atom. The van der Waals surface area contributed by atoms with E-state index in [2.05, 4.69) is 15.6 Å². The Morgan fingerprint density at radius 2 is 2.12 bits per heavy atom. The Balaban J connectivity index is 2.39. The van der Waals surface area contributed by atoms with E-state index in [1.165, 1.54) is 12.1 Å². The number of hydrogen-bond donors (Lipinski definition) is 2. The molecular formula is C16H19F4N5O. The zero-order chi connectivity index (χ0) is 19.3. The Bertz CT molecular complexity index is 759. The second-order valence-electron chi connectivity index (χ2n) is 5.72. The molecule has 1 amide bonds. The van der Waals surface area contributed by atoms with Crippen molar-refractivity contribution in [3.63, 3.8) is 0 Å². The molecule has 2 rings (SSSR count). The molecule has 0 spiro atoms. The Labute approximate surface area is 147 Å². The summed E-state index contributed by atoms with van der Waals surface area (Å²) in [4.78, 5) is 12.3. The molecular weight excluding hydrogens is 354 g/mol. The van der Waals surface area contributed by atoms with Gasteiger partial charge in [-0.3, -0.25) is 4.79 Å². The van der Waals surface area contributed by atoms with Gasteiger partial charge in [0.05, 0.1) is 5.69 Å². The largest absolute Gasteiger partial charge is 0.435 e. The first-order valence-corrected chi connectivity index (χ1v) is 8.07. The van der Waals surface area contributed by atoms with Crippen LogP contribution in [0.3, 0.4) is 0 Å². The van der Waals surface area contributed by atoms with Crippen LogP contribution in [-0.2, 0) is 6.18 Å². The first kappa shape index (κ1) is 19.8. The standard InChI is InChI=1S/C16H19F4N5O/c1-2-3-6-11(9-21)22-15(26)13-14(16(18,19)20)25(24-23-13)12-7-4-5-10(17)8-12/h4-5,7-8,11H,2-3,6,9,21H2,1H3,(H,22,26). The quantitative estimate of drug-likeness (QED) is 0.731. The van der Waals surface area contributed by atoms with Crippen molar-refractivity contribution in [3.8, 4) is 5.69 Å². The number of halogens is 4. The summed E-state index contributed by atoms with van der Waals surface area (Å²) in [6.07, 6.45) is -2.75. The van der Waals surface area contributed by atoms with E-state index in [0.29, 0.717) is 11.1 Å². The average molecular weight is 373 g/mol. The third kappa shape index (κ3) is 4.57. The van der Waals surface area contributed by atoms with Crippen molar-refractivity contribution in [2.24, 2.45) is 5.73 Å². The molecule has 0 aliphatic heterocycles. The van der Waals surface area contributed by atoms with Crippen molar-refractivity contribution >= 4 is 5.91 Å². The molecule has 1 unspecified atom stereocenters. The predicted octanol–water partition coefficient (Wildman–Crippen LogP) is 2.67. The average Bonchev–Trinajstić information content (AvgIpc) is 3.04. The van der Waals surface area contributed by atoms with Crippen molar-refractivity contribution in [2.45, 2.75) is 38.4 Å². The SMILES string of the molecule is CCCCC(CN)NC(=O)c1nnn(-c2cccc(F)c2)c1C(F)(F)F. The van der Waals surface area contributed by atoms with Gasteiger partial charge in [-0.2, -0.15) is 13.2 Å². The van der Waals surface area contributed by atoms with Crippen LogP contribution in [0.15, 0.2) is 24.3 Å². The number of unbranched alkanes of at least 4 members (excludes halogenated alkanes) is 1. The van der Waals surface area contributed by atoms with Gasteiger partial charge in [0.25, 0.3) is 5.91 Å². The van der Waals surface area contributed by atoms with Gasteiger partial charge in [-0.05, 0) is 24.6 Å². The van der Waals surface area contributed by atoms with Crippen LogP contribution in [0.5, 0.6) is 0 Å². The number of nitrogens with two attached hydrogens (primary N) is 1. The molecule has 0 saturated heterocycles. The highest BCUT2D eigenvalue weighted by molar-refractivity contribution is 5.93. The fourth-order valence-electron chi connectivity index (χ4n) is 2.43. The van der Waals surface area contributed by atoms with Crippen LogP contribution >= 0.6 is 0 Å². The minimum absolute atomic E-state index is 0.0884. The molecule has 1 heterocycles. The molecule has 0 saturated carbocycles. The van der Waals surface area contributed by atoms with Gasteiger partial charge >= 0.3 is 6.18 Å². The maximum absolute atomic E-state index is 13.5. The Morgan fingerprint density at radius 1 is 1.38 bits per heavy atom. The smallest absolute Gasteiger partial charge is 0.347 e. The molecule has 0 radical (unpaired) electrons. The first-order chi connectivity index (χ1) is 12.3. The maximum atomic E-state index is 13.5. The van der Waals surface area contributed by atoms with Gasteiger partial charge in [0.1, 0.15) is 5.82 Å². The summed E-state index contributed by atoms with van der Waals surface area (Å²) >= 11 is 0. The molecule has 0 bridgehead atoms. The van der Waals surface area contributed by atoms with Crippen LogP contribution in [-0.4, -0.2) is 33.5 Å². The highest BCUT2D eigenvalue weighted by Crippen LogP contribution is 2.32. The van der Waals surface area contributed by atoms with E-state index in [-0.39, 0.29) is 12.2 Å². The van der Waals surface area contributed by atoms with Crippen LogP contribution in [0.1, 0.15) is 42.4 Å². The van der Waals surface area contributed by atoms with Gasteiger partial charge < -0.3 is 11.1 Å². The monoisotopic (exact) mass is 373 g/mol. The fourth-order valence-corrected chi connectivity index (χ4v) is 2.43. The number of carbonyl (C=O) groups is 1. The van der Waals surface area contributed by atoms with Crippen molar-refractivity contribution in [3.05, 3.63) is 41.5 Å². The molecule has 26 heavy (non-hydrogen) atoms. The normalized spacial score (nSPS) is 12.8. The molecule has 0 fully saturated rings. The number of alkyl halides is 3. The zero-order valence-electron chi connectivity index (χ0n) is 14.1. The third-order valence-corrected chi connectivity index (χ3v) is 3.73. The van der Waals surface area contributed by atoms with Crippen LogP contribution in [0, 0.1) is 5.82 Å². The van der Waals surface area contributed by atoms with Gasteiger partial charge in [0.2, 0.25) is 0 Å². The van der Waals surface area contributed by atoms with E-state index in [4.69, 9.17) is 5.73 Å². The van der Waals surface area contributed by atoms with Crippen molar-refractivity contribution in [2.75, 3.05) is 6.54 Å². The van der Waals surface area contributed by atoms with Crippen LogP contribution in [0.25, 0.3) is 5.69 Å². The van der Waals surface area contributed by atoms with E-state index in [0.717, 1.165) is 25.0 Å². The number of benzene rings is 1. The summed E-state index contributed by atoms with van der Waals surface area (Å²) < 4.78 is 54.3. The van der Waals surface area contributed by atoms with E-state index in [9.17, 15) is 22.4 Å². The number of hydrogen-bond acceptors (Lipinski definition) is 4. The number of aromatic nitrogens is 3. The van der Waals surface area contributed by atoms with E-state index >= 15 is 0 Å². The lowest BCUT2D eigenvalue weighted by Gasteiger charge is -2.16. The summed E-state index contributed by atoms with van der Waals surface area (Å²) in [7, 11) is 0. The van der Waals surface area contributed by atoms with Crippen LogP contribution in [0.4, 0.5) is 17.6 Å². The molecule has 0 aliphatic carbocycles. The second-order valence-corrected chi connectivity index (χ2v) is 5.72. The van der Waals surface area contributed by atoms with Gasteiger partial charge in [0.15, 0.2) is 11.4 Å². The molecule has 6 nitrogen and oxygen atoms in total. The lowest BCUT2D eigenvalue weighted by Crippen LogP contribution is -2.41. The van der Waals surface area contributed by atoms with Crippen LogP contribution in [0.2, 0.25) is 0 Å². The van der Waals surface area contributed by atoms with Crippen LogP contribution < -0.4 is 11.1 Å². The number of rotatable bonds is 7. The fraction of sp³-hybridized carbons (Fsp3) is 0.438. The molecule has 142 valence electrons. The molecule has 1 atom stereocenters.